The maximum absolute atomic E-state index is 12.7. The van der Waals surface area contributed by atoms with E-state index in [9.17, 15) is 9.59 Å². The van der Waals surface area contributed by atoms with Crippen molar-refractivity contribution in [1.82, 2.24) is 14.8 Å². The van der Waals surface area contributed by atoms with Gasteiger partial charge in [-0.15, -0.1) is 21.5 Å². The molecule has 1 atom stereocenters. The maximum atomic E-state index is 12.7. The topological polar surface area (TPSA) is 112 Å². The van der Waals surface area contributed by atoms with Gasteiger partial charge in [0.2, 0.25) is 5.91 Å². The average molecular weight is 446 g/mol. The summed E-state index contributed by atoms with van der Waals surface area (Å²) in [6.45, 7) is 2.87. The second-order valence-electron chi connectivity index (χ2n) is 6.48. The molecule has 0 radical (unpaired) electrons. The molecule has 0 saturated heterocycles. The number of benzene rings is 1. The fraction of sp³-hybridized carbons (Fsp3) is 0.300. The van der Waals surface area contributed by atoms with Crippen LogP contribution in [0.25, 0.3) is 0 Å². The summed E-state index contributed by atoms with van der Waals surface area (Å²) in [7, 11) is 1.64. The molecule has 8 nitrogen and oxygen atoms in total. The molecule has 1 unspecified atom stereocenters. The molecule has 10 heteroatoms. The van der Waals surface area contributed by atoms with Crippen LogP contribution in [0, 0.1) is 0 Å². The Hall–Kier alpha value is -2.69. The third kappa shape index (κ3) is 5.47. The lowest BCUT2D eigenvalue weighted by molar-refractivity contribution is -0.115. The molecule has 0 aliphatic carbocycles. The van der Waals surface area contributed by atoms with Gasteiger partial charge in [0, 0.05) is 20.1 Å². The van der Waals surface area contributed by atoms with Crippen molar-refractivity contribution in [1.29, 1.82) is 0 Å². The largest absolute Gasteiger partial charge is 0.383 e. The van der Waals surface area contributed by atoms with Crippen LogP contribution in [-0.4, -0.2) is 45.5 Å². The molecule has 0 aliphatic heterocycles. The number of nitrogens with one attached hydrogen (secondary N) is 1. The van der Waals surface area contributed by atoms with Crippen LogP contribution in [0.2, 0.25) is 0 Å². The van der Waals surface area contributed by atoms with Gasteiger partial charge in [-0.3, -0.25) is 9.59 Å². The van der Waals surface area contributed by atoms with Gasteiger partial charge in [0.15, 0.2) is 5.16 Å². The first-order valence-electron chi connectivity index (χ1n) is 9.29. The fourth-order valence-electron chi connectivity index (χ4n) is 2.75. The van der Waals surface area contributed by atoms with Gasteiger partial charge in [-0.2, -0.15) is 0 Å². The molecule has 0 spiro atoms. The van der Waals surface area contributed by atoms with Crippen molar-refractivity contribution in [3.05, 3.63) is 58.7 Å². The minimum Gasteiger partial charge on any atom is -0.383 e. The summed E-state index contributed by atoms with van der Waals surface area (Å²) >= 11 is 2.56. The maximum Gasteiger partial charge on any atom is 0.251 e. The number of ether oxygens (including phenoxy) is 1. The van der Waals surface area contributed by atoms with E-state index >= 15 is 0 Å². The summed E-state index contributed by atoms with van der Waals surface area (Å²) in [6, 6.07) is 11.6. The number of carbonyl (C=O) groups is 2. The number of methoxy groups -OCH3 is 1. The molecule has 3 N–H and O–H groups in total. The molecule has 0 bridgehead atoms. The third-order valence-electron chi connectivity index (χ3n) is 4.34. The smallest absolute Gasteiger partial charge is 0.251 e. The lowest BCUT2D eigenvalue weighted by Gasteiger charge is -2.13. The van der Waals surface area contributed by atoms with Crippen LogP contribution in [-0.2, 0) is 22.5 Å². The van der Waals surface area contributed by atoms with Crippen molar-refractivity contribution >= 4 is 39.9 Å². The molecule has 2 aromatic heterocycles. The van der Waals surface area contributed by atoms with Gasteiger partial charge in [0.05, 0.1) is 17.4 Å². The second-order valence-corrected chi connectivity index (χ2v) is 8.71. The van der Waals surface area contributed by atoms with Crippen LogP contribution in [0.5, 0.6) is 0 Å². The first-order chi connectivity index (χ1) is 14.5. The Morgan fingerprint density at radius 3 is 2.73 bits per heavy atom. The minimum absolute atomic E-state index is 0.240. The number of thioether (sulfide) groups is 1. The van der Waals surface area contributed by atoms with Crippen LogP contribution in [0.4, 0.5) is 5.00 Å². The normalized spacial score (nSPS) is 11.9. The zero-order valence-electron chi connectivity index (χ0n) is 16.7. The zero-order chi connectivity index (χ0) is 21.5. The number of hydrogen-bond donors (Lipinski definition) is 2. The number of nitrogens with two attached hydrogens (primary N) is 1. The van der Waals surface area contributed by atoms with Gasteiger partial charge in [-0.25, -0.2) is 0 Å². The van der Waals surface area contributed by atoms with Gasteiger partial charge in [0.25, 0.3) is 5.91 Å². The molecule has 0 aliphatic rings. The molecule has 30 heavy (non-hydrogen) atoms. The Kier molecular flexibility index (Phi) is 7.61. The lowest BCUT2D eigenvalue weighted by Crippen LogP contribution is -2.24. The van der Waals surface area contributed by atoms with Gasteiger partial charge < -0.3 is 20.4 Å². The number of hydrogen-bond acceptors (Lipinski definition) is 7. The first kappa shape index (κ1) is 22.0. The summed E-state index contributed by atoms with van der Waals surface area (Å²) < 4.78 is 7.20. The standard InChI is InChI=1S/C20H23N5O3S2/c1-13(18(27)22-19-15(17(21)26)8-11-29-19)30-20-24-23-16(25(20)9-10-28-2)12-14-6-4-3-5-7-14/h3-8,11,13H,9-10,12H2,1-2H3,(H2,21,26)(H,22,27). The number of rotatable bonds is 10. The van der Waals surface area contributed by atoms with Crippen molar-refractivity contribution in [2.24, 2.45) is 5.73 Å². The number of primary amides is 1. The SMILES string of the molecule is COCCn1c(Cc2ccccc2)nnc1SC(C)C(=O)Nc1sccc1C(N)=O. The highest BCUT2D eigenvalue weighted by molar-refractivity contribution is 8.00. The van der Waals surface area contributed by atoms with E-state index in [4.69, 9.17) is 10.5 Å². The Labute approximate surface area is 182 Å². The van der Waals surface area contributed by atoms with E-state index in [1.807, 2.05) is 34.9 Å². The van der Waals surface area contributed by atoms with Crippen molar-refractivity contribution < 1.29 is 14.3 Å². The van der Waals surface area contributed by atoms with Crippen molar-refractivity contribution in [2.45, 2.75) is 30.3 Å². The zero-order valence-corrected chi connectivity index (χ0v) is 18.3. The molecule has 2 amide bonds. The highest BCUT2D eigenvalue weighted by atomic mass is 32.2. The third-order valence-corrected chi connectivity index (χ3v) is 6.25. The van der Waals surface area contributed by atoms with Crippen molar-refractivity contribution in [2.75, 3.05) is 19.0 Å². The van der Waals surface area contributed by atoms with Crippen LogP contribution in [0.1, 0.15) is 28.7 Å². The summed E-state index contributed by atoms with van der Waals surface area (Å²) in [5.41, 5.74) is 6.78. The van der Waals surface area contributed by atoms with Crippen molar-refractivity contribution in [3.8, 4) is 0 Å². The van der Waals surface area contributed by atoms with Crippen LogP contribution >= 0.6 is 23.1 Å². The summed E-state index contributed by atoms with van der Waals surface area (Å²) in [5.74, 6) is -0.00445. The van der Waals surface area contributed by atoms with Crippen molar-refractivity contribution in [3.63, 3.8) is 0 Å². The Balaban J connectivity index is 1.73. The highest BCUT2D eigenvalue weighted by Crippen LogP contribution is 2.27. The molecule has 158 valence electrons. The quantitative estimate of drug-likeness (QED) is 0.464. The lowest BCUT2D eigenvalue weighted by atomic mass is 10.1. The Morgan fingerprint density at radius 1 is 1.27 bits per heavy atom. The van der Waals surface area contributed by atoms with Gasteiger partial charge in [-0.05, 0) is 23.9 Å². The molecule has 1 aromatic carbocycles. The molecule has 2 heterocycles. The monoisotopic (exact) mass is 445 g/mol. The van der Waals surface area contributed by atoms with E-state index in [1.165, 1.54) is 23.1 Å². The van der Waals surface area contributed by atoms with E-state index in [0.29, 0.717) is 35.3 Å². The van der Waals surface area contributed by atoms with E-state index in [1.54, 1.807) is 25.5 Å². The van der Waals surface area contributed by atoms with Gasteiger partial charge >= 0.3 is 0 Å². The van der Waals surface area contributed by atoms with Crippen LogP contribution in [0.3, 0.4) is 0 Å². The van der Waals surface area contributed by atoms with Gasteiger partial charge in [0.1, 0.15) is 10.8 Å². The van der Waals surface area contributed by atoms with Crippen LogP contribution < -0.4 is 11.1 Å². The molecule has 3 rings (SSSR count). The average Bonchev–Trinajstić information content (AvgIpc) is 3.34. The molecular formula is C20H23N5O3S2. The number of anilines is 1. The molecular weight excluding hydrogens is 422 g/mol. The predicted molar refractivity (Wildman–Crippen MR) is 118 cm³/mol. The fourth-order valence-corrected chi connectivity index (χ4v) is 4.44. The van der Waals surface area contributed by atoms with E-state index in [-0.39, 0.29) is 5.91 Å². The summed E-state index contributed by atoms with van der Waals surface area (Å²) in [5, 5.41) is 13.8. The predicted octanol–water partition coefficient (Wildman–Crippen LogP) is 2.79. The number of nitrogens with zero attached hydrogens (tertiary/aromatic N) is 3. The van der Waals surface area contributed by atoms with E-state index in [0.717, 1.165) is 11.4 Å². The molecule has 0 saturated carbocycles. The number of thiophene rings is 1. The summed E-state index contributed by atoms with van der Waals surface area (Å²) in [6.07, 6.45) is 0.635. The number of aromatic nitrogens is 3. The minimum atomic E-state index is -0.572. The van der Waals surface area contributed by atoms with Crippen LogP contribution in [0.15, 0.2) is 46.9 Å². The molecule has 0 fully saturated rings. The number of carbonyl (C=O) groups excluding carboxylic acids is 2. The van der Waals surface area contributed by atoms with Gasteiger partial charge in [-0.1, -0.05) is 42.1 Å². The summed E-state index contributed by atoms with van der Waals surface area (Å²) in [4.78, 5) is 24.1. The second kappa shape index (κ2) is 10.4. The Morgan fingerprint density at radius 2 is 2.03 bits per heavy atom. The van der Waals surface area contributed by atoms with E-state index in [2.05, 4.69) is 15.5 Å². The first-order valence-corrected chi connectivity index (χ1v) is 11.0. The number of amides is 2. The van der Waals surface area contributed by atoms with E-state index < -0.39 is 11.2 Å². The Bertz CT molecular complexity index is 1000. The highest BCUT2D eigenvalue weighted by Gasteiger charge is 2.22. The molecule has 3 aromatic rings.